The SMILES string of the molecule is Nn1c(SCC(=O)N2CCc3ccccc32)nnc1-c1ccccn1. The van der Waals surface area contributed by atoms with Crippen molar-refractivity contribution in [3.8, 4) is 11.5 Å². The second-order valence-electron chi connectivity index (χ2n) is 5.60. The molecule has 2 aromatic heterocycles. The van der Waals surface area contributed by atoms with Crippen molar-refractivity contribution >= 4 is 23.4 Å². The molecule has 0 bridgehead atoms. The Morgan fingerprint density at radius 3 is 2.84 bits per heavy atom. The van der Waals surface area contributed by atoms with Gasteiger partial charge in [-0.1, -0.05) is 36.0 Å². The maximum absolute atomic E-state index is 12.6. The van der Waals surface area contributed by atoms with E-state index in [0.717, 1.165) is 12.1 Å². The summed E-state index contributed by atoms with van der Waals surface area (Å²) in [7, 11) is 0. The maximum atomic E-state index is 12.6. The first-order chi connectivity index (χ1) is 12.2. The van der Waals surface area contributed by atoms with E-state index in [4.69, 9.17) is 5.84 Å². The van der Waals surface area contributed by atoms with Gasteiger partial charge in [0, 0.05) is 18.4 Å². The van der Waals surface area contributed by atoms with Crippen LogP contribution >= 0.6 is 11.8 Å². The average molecular weight is 352 g/mol. The molecule has 0 radical (unpaired) electrons. The Morgan fingerprint density at radius 2 is 2.00 bits per heavy atom. The second kappa shape index (κ2) is 6.56. The van der Waals surface area contributed by atoms with Gasteiger partial charge in [-0.05, 0) is 30.2 Å². The van der Waals surface area contributed by atoms with E-state index in [-0.39, 0.29) is 11.7 Å². The van der Waals surface area contributed by atoms with Crippen LogP contribution in [0.25, 0.3) is 11.5 Å². The minimum Gasteiger partial charge on any atom is -0.335 e. The molecule has 0 saturated carbocycles. The van der Waals surface area contributed by atoms with Crippen molar-refractivity contribution in [3.05, 3.63) is 54.2 Å². The fourth-order valence-electron chi connectivity index (χ4n) is 2.85. The summed E-state index contributed by atoms with van der Waals surface area (Å²) in [5, 5.41) is 8.64. The van der Waals surface area contributed by atoms with E-state index in [9.17, 15) is 4.79 Å². The molecule has 0 unspecified atom stereocenters. The maximum Gasteiger partial charge on any atom is 0.237 e. The van der Waals surface area contributed by atoms with Crippen LogP contribution in [0.15, 0.2) is 53.8 Å². The van der Waals surface area contributed by atoms with Crippen LogP contribution in [0, 0.1) is 0 Å². The van der Waals surface area contributed by atoms with Crippen molar-refractivity contribution in [1.29, 1.82) is 0 Å². The van der Waals surface area contributed by atoms with E-state index in [1.54, 1.807) is 6.20 Å². The Labute approximate surface area is 148 Å². The van der Waals surface area contributed by atoms with Crippen molar-refractivity contribution in [2.75, 3.05) is 23.0 Å². The van der Waals surface area contributed by atoms with Crippen LogP contribution in [0.2, 0.25) is 0 Å². The molecule has 0 saturated heterocycles. The van der Waals surface area contributed by atoms with Crippen LogP contribution in [-0.4, -0.2) is 38.1 Å². The minimum atomic E-state index is 0.0392. The van der Waals surface area contributed by atoms with Crippen molar-refractivity contribution in [3.63, 3.8) is 0 Å². The van der Waals surface area contributed by atoms with E-state index in [1.807, 2.05) is 41.3 Å². The molecule has 2 N–H and O–H groups in total. The van der Waals surface area contributed by atoms with Crippen LogP contribution in [0.4, 0.5) is 5.69 Å². The Hall–Kier alpha value is -2.87. The number of aromatic nitrogens is 4. The molecule has 0 atom stereocenters. The molecule has 1 amide bonds. The second-order valence-corrected chi connectivity index (χ2v) is 6.55. The first-order valence-corrected chi connectivity index (χ1v) is 8.85. The lowest BCUT2D eigenvalue weighted by atomic mass is 10.2. The predicted octanol–water partition coefficient (Wildman–Crippen LogP) is 1.74. The lowest BCUT2D eigenvalue weighted by Crippen LogP contribution is -2.30. The van der Waals surface area contributed by atoms with Crippen LogP contribution in [0.3, 0.4) is 0 Å². The zero-order valence-corrected chi connectivity index (χ0v) is 14.2. The molecule has 1 aromatic carbocycles. The number of hydrogen-bond donors (Lipinski definition) is 1. The highest BCUT2D eigenvalue weighted by molar-refractivity contribution is 7.99. The molecule has 3 heterocycles. The van der Waals surface area contributed by atoms with Crippen molar-refractivity contribution in [2.24, 2.45) is 0 Å². The standard InChI is InChI=1S/C17H16N6OS/c18-23-16(13-6-3-4-9-19-13)20-21-17(23)25-11-15(24)22-10-8-12-5-1-2-7-14(12)22/h1-7,9H,8,10-11,18H2. The Bertz CT molecular complexity index is 911. The van der Waals surface area contributed by atoms with Gasteiger partial charge in [-0.2, -0.15) is 0 Å². The highest BCUT2D eigenvalue weighted by atomic mass is 32.2. The van der Waals surface area contributed by atoms with E-state index < -0.39 is 0 Å². The smallest absolute Gasteiger partial charge is 0.237 e. The van der Waals surface area contributed by atoms with E-state index >= 15 is 0 Å². The van der Waals surface area contributed by atoms with Gasteiger partial charge in [0.1, 0.15) is 5.69 Å². The van der Waals surface area contributed by atoms with Gasteiger partial charge in [0.05, 0.1) is 5.75 Å². The number of rotatable bonds is 4. The molecule has 0 fully saturated rings. The number of carbonyl (C=O) groups is 1. The van der Waals surface area contributed by atoms with Gasteiger partial charge in [0.15, 0.2) is 0 Å². The number of nitrogen functional groups attached to an aromatic ring is 1. The van der Waals surface area contributed by atoms with Gasteiger partial charge in [0.2, 0.25) is 16.9 Å². The van der Waals surface area contributed by atoms with E-state index in [1.165, 1.54) is 22.0 Å². The molecule has 0 aliphatic carbocycles. The van der Waals surface area contributed by atoms with Gasteiger partial charge in [0.25, 0.3) is 0 Å². The minimum absolute atomic E-state index is 0.0392. The lowest BCUT2D eigenvalue weighted by Gasteiger charge is -2.16. The summed E-state index contributed by atoms with van der Waals surface area (Å²) in [5.74, 6) is 6.83. The third-order valence-electron chi connectivity index (χ3n) is 4.07. The summed E-state index contributed by atoms with van der Waals surface area (Å²) >= 11 is 1.28. The number of hydrogen-bond acceptors (Lipinski definition) is 6. The predicted molar refractivity (Wildman–Crippen MR) is 96.6 cm³/mol. The normalized spacial score (nSPS) is 13.0. The largest absolute Gasteiger partial charge is 0.335 e. The zero-order chi connectivity index (χ0) is 17.2. The number of benzene rings is 1. The van der Waals surface area contributed by atoms with Crippen molar-refractivity contribution < 1.29 is 4.79 Å². The van der Waals surface area contributed by atoms with Gasteiger partial charge in [-0.15, -0.1) is 10.2 Å². The van der Waals surface area contributed by atoms with Crippen molar-refractivity contribution in [2.45, 2.75) is 11.6 Å². The highest BCUT2D eigenvalue weighted by Gasteiger charge is 2.24. The molecular formula is C17H16N6OS. The number of pyridine rings is 1. The molecule has 3 aromatic rings. The number of anilines is 1. The fraction of sp³-hybridized carbons (Fsp3) is 0.176. The van der Waals surface area contributed by atoms with Crippen molar-refractivity contribution in [1.82, 2.24) is 19.9 Å². The first-order valence-electron chi connectivity index (χ1n) is 7.87. The summed E-state index contributed by atoms with van der Waals surface area (Å²) < 4.78 is 1.37. The number of nitrogens with two attached hydrogens (primary N) is 1. The summed E-state index contributed by atoms with van der Waals surface area (Å²) in [6.45, 7) is 0.716. The van der Waals surface area contributed by atoms with Crippen LogP contribution in [-0.2, 0) is 11.2 Å². The Kier molecular flexibility index (Phi) is 4.10. The zero-order valence-electron chi connectivity index (χ0n) is 13.4. The summed E-state index contributed by atoms with van der Waals surface area (Å²) in [6.07, 6.45) is 2.56. The molecule has 126 valence electrons. The van der Waals surface area contributed by atoms with Gasteiger partial charge in [-0.3, -0.25) is 9.78 Å². The van der Waals surface area contributed by atoms with Gasteiger partial charge in [-0.25, -0.2) is 4.68 Å². The topological polar surface area (TPSA) is 89.9 Å². The van der Waals surface area contributed by atoms with Crippen LogP contribution in [0.1, 0.15) is 5.56 Å². The molecule has 25 heavy (non-hydrogen) atoms. The summed E-state index contributed by atoms with van der Waals surface area (Å²) in [5.41, 5.74) is 2.85. The fourth-order valence-corrected chi connectivity index (χ4v) is 3.58. The Balaban J connectivity index is 1.46. The third-order valence-corrected chi connectivity index (χ3v) is 5.00. The van der Waals surface area contributed by atoms with Crippen LogP contribution in [0.5, 0.6) is 0 Å². The van der Waals surface area contributed by atoms with Gasteiger partial charge < -0.3 is 10.7 Å². The van der Waals surface area contributed by atoms with Gasteiger partial charge >= 0.3 is 0 Å². The lowest BCUT2D eigenvalue weighted by molar-refractivity contribution is -0.116. The van der Waals surface area contributed by atoms with Crippen LogP contribution < -0.4 is 10.7 Å². The number of thioether (sulfide) groups is 1. The molecule has 1 aliphatic heterocycles. The number of para-hydroxylation sites is 1. The monoisotopic (exact) mass is 352 g/mol. The molecule has 0 spiro atoms. The van der Waals surface area contributed by atoms with E-state index in [2.05, 4.69) is 21.2 Å². The highest BCUT2D eigenvalue weighted by Crippen LogP contribution is 2.28. The number of nitrogens with zero attached hydrogens (tertiary/aromatic N) is 5. The average Bonchev–Trinajstić information content (AvgIpc) is 3.24. The quantitative estimate of drug-likeness (QED) is 0.568. The summed E-state index contributed by atoms with van der Waals surface area (Å²) in [6, 6.07) is 13.5. The molecule has 4 rings (SSSR count). The number of carbonyl (C=O) groups excluding carboxylic acids is 1. The molecule has 1 aliphatic rings. The Morgan fingerprint density at radius 1 is 1.16 bits per heavy atom. The molecule has 8 heteroatoms. The third kappa shape index (κ3) is 2.96. The first kappa shape index (κ1) is 15.6. The molecule has 7 nitrogen and oxygen atoms in total. The summed E-state index contributed by atoms with van der Waals surface area (Å²) in [4.78, 5) is 18.6. The number of fused-ring (bicyclic) bond motifs is 1. The number of amides is 1. The molecular weight excluding hydrogens is 336 g/mol. The van der Waals surface area contributed by atoms with E-state index in [0.29, 0.717) is 23.2 Å².